The first-order valence-corrected chi connectivity index (χ1v) is 10.5. The highest BCUT2D eigenvalue weighted by Gasteiger charge is 2.47. The number of anilines is 1. The Morgan fingerprint density at radius 1 is 1.23 bits per heavy atom. The normalized spacial score (nSPS) is 34.7. The summed E-state index contributed by atoms with van der Waals surface area (Å²) in [5, 5.41) is 26.8. The second-order valence-corrected chi connectivity index (χ2v) is 8.29. The molecule has 2 fully saturated rings. The lowest BCUT2D eigenvalue weighted by atomic mass is 9.94. The zero-order valence-corrected chi connectivity index (χ0v) is 16.7. The number of hydrogen-bond donors (Lipinski definition) is 4. The first kappa shape index (κ1) is 19.4. The van der Waals surface area contributed by atoms with Crippen LogP contribution in [0, 0.1) is 17.8 Å². The number of aromatic nitrogens is 4. The molecule has 2 bridgehead atoms. The van der Waals surface area contributed by atoms with Crippen LogP contribution in [-0.2, 0) is 9.53 Å². The predicted molar refractivity (Wildman–Crippen MR) is 107 cm³/mol. The lowest BCUT2D eigenvalue weighted by Gasteiger charge is -2.19. The standard InChI is InChI=1S/C20H26N6O4/c1-2-21-19(29)16-14(27)15(28)20(30-16)26-9-25-13-17(23-8-24-18(13)26)22-7-12-6-10-3-4-11(12)5-10/h3-4,8-12,14-16,20,27-28H,2,5-7H2,1H3,(H,21,29)(H,22,23,24)/t10?,11?,12?,14-,15+,16-,20?/m0/s1. The summed E-state index contributed by atoms with van der Waals surface area (Å²) >= 11 is 0. The Balaban J connectivity index is 1.35. The SMILES string of the molecule is CCNC(=O)[C@H]1OC(n2cnc3c(NCC4CC5C=CC4C5)ncnc32)[C@H](O)[C@@H]1O. The third-order valence-electron chi connectivity index (χ3n) is 6.43. The van der Waals surface area contributed by atoms with E-state index in [2.05, 4.69) is 37.7 Å². The molecule has 1 aliphatic heterocycles. The molecule has 10 nitrogen and oxygen atoms in total. The van der Waals surface area contributed by atoms with E-state index in [9.17, 15) is 15.0 Å². The Hall–Kier alpha value is -2.56. The second kappa shape index (κ2) is 7.60. The van der Waals surface area contributed by atoms with Crippen molar-refractivity contribution in [2.75, 3.05) is 18.4 Å². The number of ether oxygens (including phenoxy) is 1. The number of aliphatic hydroxyl groups is 2. The van der Waals surface area contributed by atoms with Gasteiger partial charge in [0.05, 0.1) is 6.33 Å². The fourth-order valence-corrected chi connectivity index (χ4v) is 4.91. The number of nitrogens with one attached hydrogen (secondary N) is 2. The van der Waals surface area contributed by atoms with Gasteiger partial charge < -0.3 is 25.6 Å². The summed E-state index contributed by atoms with van der Waals surface area (Å²) in [7, 11) is 0. The average Bonchev–Trinajstić information content (AvgIpc) is 3.51. The van der Waals surface area contributed by atoms with Gasteiger partial charge in [0.25, 0.3) is 5.91 Å². The Kier molecular flexibility index (Phi) is 4.92. The van der Waals surface area contributed by atoms with Crippen molar-refractivity contribution in [2.24, 2.45) is 17.8 Å². The molecule has 2 aliphatic carbocycles. The Labute approximate surface area is 173 Å². The lowest BCUT2D eigenvalue weighted by molar-refractivity contribution is -0.137. The number of nitrogens with zero attached hydrogens (tertiary/aromatic N) is 4. The fourth-order valence-electron chi connectivity index (χ4n) is 4.91. The molecule has 3 heterocycles. The van der Waals surface area contributed by atoms with Crippen LogP contribution in [0.1, 0.15) is 26.0 Å². The van der Waals surface area contributed by atoms with Crippen LogP contribution in [0.3, 0.4) is 0 Å². The molecule has 1 saturated heterocycles. The number of amides is 1. The minimum absolute atomic E-state index is 0.404. The number of fused-ring (bicyclic) bond motifs is 3. The second-order valence-electron chi connectivity index (χ2n) is 8.29. The molecule has 2 aromatic rings. The van der Waals surface area contributed by atoms with Crippen LogP contribution in [-0.4, -0.2) is 67.0 Å². The first-order valence-electron chi connectivity index (χ1n) is 10.5. The highest BCUT2D eigenvalue weighted by molar-refractivity contribution is 5.83. The van der Waals surface area contributed by atoms with Gasteiger partial charge in [-0.05, 0) is 37.5 Å². The summed E-state index contributed by atoms with van der Waals surface area (Å²) in [6.45, 7) is 2.99. The largest absolute Gasteiger partial charge is 0.387 e. The molecule has 10 heteroatoms. The van der Waals surface area contributed by atoms with Gasteiger partial charge in [-0.15, -0.1) is 0 Å². The smallest absolute Gasteiger partial charge is 0.252 e. The van der Waals surface area contributed by atoms with Crippen molar-refractivity contribution in [2.45, 2.75) is 44.3 Å². The first-order chi connectivity index (χ1) is 14.6. The molecule has 7 atom stereocenters. The molecular weight excluding hydrogens is 388 g/mol. The number of imidazole rings is 1. The van der Waals surface area contributed by atoms with E-state index in [1.54, 1.807) is 6.92 Å². The molecule has 1 saturated carbocycles. The van der Waals surface area contributed by atoms with Crippen molar-refractivity contribution < 1.29 is 19.7 Å². The summed E-state index contributed by atoms with van der Waals surface area (Å²) < 4.78 is 7.23. The number of aliphatic hydroxyl groups excluding tert-OH is 2. The van der Waals surface area contributed by atoms with Gasteiger partial charge in [0.15, 0.2) is 29.3 Å². The number of rotatable bonds is 6. The van der Waals surface area contributed by atoms with E-state index in [0.717, 1.165) is 6.54 Å². The maximum atomic E-state index is 12.1. The molecule has 2 aromatic heterocycles. The van der Waals surface area contributed by atoms with Crippen LogP contribution in [0.15, 0.2) is 24.8 Å². The van der Waals surface area contributed by atoms with E-state index in [1.807, 2.05) is 0 Å². The zero-order valence-electron chi connectivity index (χ0n) is 16.7. The molecule has 1 amide bonds. The van der Waals surface area contributed by atoms with Crippen molar-refractivity contribution in [1.82, 2.24) is 24.8 Å². The maximum Gasteiger partial charge on any atom is 0.252 e. The van der Waals surface area contributed by atoms with Crippen molar-refractivity contribution in [3.8, 4) is 0 Å². The topological polar surface area (TPSA) is 134 Å². The summed E-state index contributed by atoms with van der Waals surface area (Å²) in [4.78, 5) is 25.2. The number of likely N-dealkylation sites (N-methyl/N-ethyl adjacent to an activating group) is 1. The van der Waals surface area contributed by atoms with E-state index in [0.29, 0.717) is 41.3 Å². The Bertz CT molecular complexity index is 977. The number of carbonyl (C=O) groups excluding carboxylic acids is 1. The van der Waals surface area contributed by atoms with Gasteiger partial charge >= 0.3 is 0 Å². The molecular formula is C20H26N6O4. The number of allylic oxidation sites excluding steroid dienone is 2. The molecule has 4 N–H and O–H groups in total. The Morgan fingerprint density at radius 3 is 2.83 bits per heavy atom. The molecule has 30 heavy (non-hydrogen) atoms. The van der Waals surface area contributed by atoms with Crippen LogP contribution in [0.4, 0.5) is 5.82 Å². The van der Waals surface area contributed by atoms with Crippen LogP contribution in [0.2, 0.25) is 0 Å². The van der Waals surface area contributed by atoms with Crippen molar-refractivity contribution in [1.29, 1.82) is 0 Å². The van der Waals surface area contributed by atoms with Crippen molar-refractivity contribution >= 4 is 22.9 Å². The number of carbonyl (C=O) groups is 1. The fraction of sp³-hybridized carbons (Fsp3) is 0.600. The summed E-state index contributed by atoms with van der Waals surface area (Å²) in [6.07, 6.45) is 5.23. The molecule has 3 aliphatic rings. The van der Waals surface area contributed by atoms with Gasteiger partial charge in [-0.25, -0.2) is 15.0 Å². The molecule has 4 unspecified atom stereocenters. The van der Waals surface area contributed by atoms with Crippen molar-refractivity contribution in [3.63, 3.8) is 0 Å². The molecule has 0 spiro atoms. The third-order valence-corrected chi connectivity index (χ3v) is 6.43. The van der Waals surface area contributed by atoms with Gasteiger partial charge in [-0.3, -0.25) is 9.36 Å². The summed E-state index contributed by atoms with van der Waals surface area (Å²) in [6, 6.07) is 0. The summed E-state index contributed by atoms with van der Waals surface area (Å²) in [5.74, 6) is 2.08. The van der Waals surface area contributed by atoms with Gasteiger partial charge in [-0.2, -0.15) is 0 Å². The Morgan fingerprint density at radius 2 is 2.10 bits per heavy atom. The van der Waals surface area contributed by atoms with E-state index >= 15 is 0 Å². The third kappa shape index (κ3) is 3.15. The van der Waals surface area contributed by atoms with E-state index in [-0.39, 0.29) is 0 Å². The molecule has 5 rings (SSSR count). The van der Waals surface area contributed by atoms with Crippen LogP contribution in [0.25, 0.3) is 11.2 Å². The molecule has 0 radical (unpaired) electrons. The highest BCUT2D eigenvalue weighted by atomic mass is 16.6. The van der Waals surface area contributed by atoms with E-state index < -0.39 is 30.4 Å². The monoisotopic (exact) mass is 414 g/mol. The maximum absolute atomic E-state index is 12.1. The summed E-state index contributed by atoms with van der Waals surface area (Å²) in [5.41, 5.74) is 1.02. The van der Waals surface area contributed by atoms with Gasteiger partial charge in [-0.1, -0.05) is 12.2 Å². The van der Waals surface area contributed by atoms with Crippen LogP contribution < -0.4 is 10.6 Å². The minimum Gasteiger partial charge on any atom is -0.387 e. The predicted octanol–water partition coefficient (Wildman–Crippen LogP) is 0.206. The quantitative estimate of drug-likeness (QED) is 0.493. The van der Waals surface area contributed by atoms with Gasteiger partial charge in [0, 0.05) is 13.1 Å². The zero-order chi connectivity index (χ0) is 20.8. The molecule has 160 valence electrons. The van der Waals surface area contributed by atoms with Crippen molar-refractivity contribution in [3.05, 3.63) is 24.8 Å². The van der Waals surface area contributed by atoms with E-state index in [4.69, 9.17) is 4.74 Å². The van der Waals surface area contributed by atoms with Gasteiger partial charge in [0.2, 0.25) is 0 Å². The average molecular weight is 414 g/mol. The minimum atomic E-state index is -1.34. The van der Waals surface area contributed by atoms with Gasteiger partial charge in [0.1, 0.15) is 18.5 Å². The lowest BCUT2D eigenvalue weighted by Crippen LogP contribution is -2.42. The highest BCUT2D eigenvalue weighted by Crippen LogP contribution is 2.43. The molecule has 0 aromatic carbocycles. The number of hydrogen-bond acceptors (Lipinski definition) is 8. The van der Waals surface area contributed by atoms with E-state index in [1.165, 1.54) is 30.1 Å². The van der Waals surface area contributed by atoms with Crippen LogP contribution >= 0.6 is 0 Å². The van der Waals surface area contributed by atoms with Crippen LogP contribution in [0.5, 0.6) is 0 Å².